The second kappa shape index (κ2) is 5.70. The van der Waals surface area contributed by atoms with Crippen molar-refractivity contribution in [1.29, 1.82) is 0 Å². The van der Waals surface area contributed by atoms with Crippen molar-refractivity contribution in [3.05, 3.63) is 83.4 Å². The van der Waals surface area contributed by atoms with E-state index in [0.29, 0.717) is 6.61 Å². The van der Waals surface area contributed by atoms with Gasteiger partial charge < -0.3 is 4.74 Å². The molecule has 0 saturated carbocycles. The van der Waals surface area contributed by atoms with E-state index in [4.69, 9.17) is 9.72 Å². The Kier molecular flexibility index (Phi) is 3.32. The fourth-order valence-corrected chi connectivity index (χ4v) is 3.82. The number of nitrogens with zero attached hydrogens (tertiary/aromatic N) is 1. The summed E-state index contributed by atoms with van der Waals surface area (Å²) in [5, 5.41) is 1.19. The van der Waals surface area contributed by atoms with Crippen LogP contribution < -0.4 is 4.74 Å². The molecule has 0 amide bonds. The molecule has 0 bridgehead atoms. The molecular formula is C24H19NO. The highest BCUT2D eigenvalue weighted by Crippen LogP contribution is 2.43. The Bertz CT molecular complexity index is 1150. The minimum absolute atomic E-state index is 0.548. The molecule has 1 aliphatic heterocycles. The van der Waals surface area contributed by atoms with Gasteiger partial charge in [0.1, 0.15) is 12.4 Å². The van der Waals surface area contributed by atoms with E-state index in [2.05, 4.69) is 80.6 Å². The van der Waals surface area contributed by atoms with Crippen LogP contribution in [0, 0.1) is 13.8 Å². The minimum atomic E-state index is 0.548. The first-order valence-electron chi connectivity index (χ1n) is 8.93. The highest BCUT2D eigenvalue weighted by Gasteiger charge is 2.24. The predicted octanol–water partition coefficient (Wildman–Crippen LogP) is 6.08. The molecule has 2 nitrogen and oxygen atoms in total. The van der Waals surface area contributed by atoms with E-state index >= 15 is 0 Å². The molecule has 0 N–H and O–H groups in total. The number of rotatable bonds is 1. The first kappa shape index (κ1) is 15.2. The van der Waals surface area contributed by atoms with Gasteiger partial charge in [0.2, 0.25) is 0 Å². The summed E-state index contributed by atoms with van der Waals surface area (Å²) in [6, 6.07) is 23.4. The van der Waals surface area contributed by atoms with E-state index < -0.39 is 0 Å². The average molecular weight is 337 g/mol. The molecule has 0 radical (unpaired) electrons. The van der Waals surface area contributed by atoms with Gasteiger partial charge in [0, 0.05) is 16.5 Å². The molecule has 0 spiro atoms. The van der Waals surface area contributed by atoms with Crippen LogP contribution in [-0.2, 0) is 6.61 Å². The maximum absolute atomic E-state index is 6.11. The Morgan fingerprint density at radius 2 is 1.62 bits per heavy atom. The lowest BCUT2D eigenvalue weighted by Crippen LogP contribution is -2.10. The molecule has 0 atom stereocenters. The van der Waals surface area contributed by atoms with Crippen LogP contribution in [0.1, 0.15) is 16.7 Å². The maximum atomic E-state index is 6.11. The third-order valence-electron chi connectivity index (χ3n) is 5.07. The van der Waals surface area contributed by atoms with E-state index in [9.17, 15) is 0 Å². The van der Waals surface area contributed by atoms with Crippen molar-refractivity contribution < 1.29 is 4.74 Å². The first-order valence-corrected chi connectivity index (χ1v) is 8.93. The highest BCUT2D eigenvalue weighted by atomic mass is 16.5. The molecule has 126 valence electrons. The fourth-order valence-electron chi connectivity index (χ4n) is 3.82. The molecule has 2 heteroatoms. The standard InChI is InChI=1S/C24H19NO/c1-15-8-10-21-18(12-15)23(17-6-4-3-5-7-17)20-14-26-22-11-9-16(2)13-19(22)24(20)25-21/h3-13H,14H2,1-2H3. The van der Waals surface area contributed by atoms with Crippen LogP contribution in [0.2, 0.25) is 0 Å². The SMILES string of the molecule is Cc1ccc2c(c1)-c1nc3ccc(C)cc3c(-c3ccccc3)c1CO2. The van der Waals surface area contributed by atoms with E-state index in [0.717, 1.165) is 22.5 Å². The fraction of sp³-hybridized carbons (Fsp3) is 0.125. The lowest BCUT2D eigenvalue weighted by molar-refractivity contribution is 0.302. The maximum Gasteiger partial charge on any atom is 0.129 e. The van der Waals surface area contributed by atoms with Crippen molar-refractivity contribution in [2.24, 2.45) is 0 Å². The summed E-state index contributed by atoms with van der Waals surface area (Å²) in [5.41, 5.74) is 9.24. The Hall–Kier alpha value is -3.13. The normalized spacial score (nSPS) is 12.4. The van der Waals surface area contributed by atoms with E-state index in [1.165, 1.54) is 33.2 Å². The first-order chi connectivity index (χ1) is 12.7. The summed E-state index contributed by atoms with van der Waals surface area (Å²) in [5.74, 6) is 0.918. The number of aryl methyl sites for hydroxylation is 2. The van der Waals surface area contributed by atoms with Crippen LogP contribution >= 0.6 is 0 Å². The van der Waals surface area contributed by atoms with Gasteiger partial charge in [0.25, 0.3) is 0 Å². The number of ether oxygens (including phenoxy) is 1. The summed E-state index contributed by atoms with van der Waals surface area (Å²) >= 11 is 0. The molecule has 1 aliphatic rings. The number of aromatic nitrogens is 1. The summed E-state index contributed by atoms with van der Waals surface area (Å²) in [4.78, 5) is 5.05. The third-order valence-corrected chi connectivity index (χ3v) is 5.07. The second-order valence-electron chi connectivity index (χ2n) is 6.99. The zero-order valence-electron chi connectivity index (χ0n) is 14.9. The van der Waals surface area contributed by atoms with Crippen LogP contribution in [0.3, 0.4) is 0 Å². The molecule has 0 saturated heterocycles. The van der Waals surface area contributed by atoms with Crippen molar-refractivity contribution in [1.82, 2.24) is 4.98 Å². The van der Waals surface area contributed by atoms with Crippen molar-refractivity contribution in [2.45, 2.75) is 20.5 Å². The average Bonchev–Trinajstić information content (AvgIpc) is 2.67. The number of benzene rings is 3. The molecule has 0 unspecified atom stereocenters. The Balaban J connectivity index is 1.92. The molecule has 1 aromatic heterocycles. The largest absolute Gasteiger partial charge is 0.488 e. The number of pyridine rings is 1. The zero-order valence-corrected chi connectivity index (χ0v) is 14.9. The molecule has 4 aromatic rings. The van der Waals surface area contributed by atoms with Gasteiger partial charge >= 0.3 is 0 Å². The van der Waals surface area contributed by atoms with E-state index in [1.807, 2.05) is 0 Å². The van der Waals surface area contributed by atoms with Crippen LogP contribution in [0.5, 0.6) is 5.75 Å². The molecule has 5 rings (SSSR count). The molecule has 26 heavy (non-hydrogen) atoms. The summed E-state index contributed by atoms with van der Waals surface area (Å²) in [7, 11) is 0. The highest BCUT2D eigenvalue weighted by molar-refractivity contribution is 6.00. The van der Waals surface area contributed by atoms with E-state index in [-0.39, 0.29) is 0 Å². The number of hydrogen-bond donors (Lipinski definition) is 0. The van der Waals surface area contributed by atoms with Gasteiger partial charge in [-0.1, -0.05) is 53.6 Å². The number of hydrogen-bond acceptors (Lipinski definition) is 2. The van der Waals surface area contributed by atoms with Crippen LogP contribution in [-0.4, -0.2) is 4.98 Å². The van der Waals surface area contributed by atoms with E-state index in [1.54, 1.807) is 0 Å². The van der Waals surface area contributed by atoms with Crippen molar-refractivity contribution in [3.8, 4) is 28.1 Å². The summed E-state index contributed by atoms with van der Waals surface area (Å²) in [6.07, 6.45) is 0. The van der Waals surface area contributed by atoms with Crippen LogP contribution in [0.25, 0.3) is 33.3 Å². The molecule has 2 heterocycles. The van der Waals surface area contributed by atoms with Gasteiger partial charge in [-0.15, -0.1) is 0 Å². The van der Waals surface area contributed by atoms with Gasteiger partial charge in [0.15, 0.2) is 0 Å². The van der Waals surface area contributed by atoms with Crippen molar-refractivity contribution in [3.63, 3.8) is 0 Å². The monoisotopic (exact) mass is 337 g/mol. The van der Waals surface area contributed by atoms with Crippen molar-refractivity contribution in [2.75, 3.05) is 0 Å². The second-order valence-corrected chi connectivity index (χ2v) is 6.99. The van der Waals surface area contributed by atoms with Gasteiger partial charge in [-0.05, 0) is 49.2 Å². The van der Waals surface area contributed by atoms with Crippen LogP contribution in [0.4, 0.5) is 0 Å². The smallest absolute Gasteiger partial charge is 0.129 e. The Morgan fingerprint density at radius 1 is 0.846 bits per heavy atom. The lowest BCUT2D eigenvalue weighted by atomic mass is 9.90. The van der Waals surface area contributed by atoms with Gasteiger partial charge in [-0.25, -0.2) is 4.98 Å². The molecule has 0 fully saturated rings. The topological polar surface area (TPSA) is 22.1 Å². The van der Waals surface area contributed by atoms with Gasteiger partial charge in [-0.2, -0.15) is 0 Å². The molecule has 0 aliphatic carbocycles. The predicted molar refractivity (Wildman–Crippen MR) is 106 cm³/mol. The minimum Gasteiger partial charge on any atom is -0.488 e. The van der Waals surface area contributed by atoms with Gasteiger partial charge in [0.05, 0.1) is 11.2 Å². The third kappa shape index (κ3) is 2.30. The summed E-state index contributed by atoms with van der Waals surface area (Å²) in [6.45, 7) is 4.78. The number of fused-ring (bicyclic) bond motifs is 4. The van der Waals surface area contributed by atoms with Crippen molar-refractivity contribution >= 4 is 10.9 Å². The summed E-state index contributed by atoms with van der Waals surface area (Å²) < 4.78 is 6.11. The Morgan fingerprint density at radius 3 is 2.46 bits per heavy atom. The quantitative estimate of drug-likeness (QED) is 0.420. The molecular weight excluding hydrogens is 318 g/mol. The van der Waals surface area contributed by atoms with Crippen LogP contribution in [0.15, 0.2) is 66.7 Å². The van der Waals surface area contributed by atoms with Gasteiger partial charge in [-0.3, -0.25) is 0 Å². The lowest BCUT2D eigenvalue weighted by Gasteiger charge is -2.24. The Labute approximate surface area is 153 Å². The molecule has 3 aromatic carbocycles. The zero-order chi connectivity index (χ0) is 17.7.